The van der Waals surface area contributed by atoms with Crippen molar-refractivity contribution >= 4 is 11.5 Å². The lowest BCUT2D eigenvalue weighted by Gasteiger charge is -2.05. The molecule has 0 atom stereocenters. The van der Waals surface area contributed by atoms with Crippen LogP contribution >= 0.6 is 0 Å². The van der Waals surface area contributed by atoms with Gasteiger partial charge < -0.3 is 5.32 Å². The number of aryl methyl sites for hydroxylation is 1. The summed E-state index contributed by atoms with van der Waals surface area (Å²) in [7, 11) is 1.91. The monoisotopic (exact) mass is 243 g/mol. The van der Waals surface area contributed by atoms with E-state index >= 15 is 0 Å². The third-order valence-electron chi connectivity index (χ3n) is 2.77. The molecule has 0 spiro atoms. The summed E-state index contributed by atoms with van der Waals surface area (Å²) < 4.78 is 1.80. The number of ketones is 1. The van der Waals surface area contributed by atoms with Crippen LogP contribution in [0, 0.1) is 0 Å². The van der Waals surface area contributed by atoms with E-state index in [1.54, 1.807) is 11.6 Å². The summed E-state index contributed by atoms with van der Waals surface area (Å²) >= 11 is 0. The Kier molecular flexibility index (Phi) is 3.77. The number of anilines is 1. The van der Waals surface area contributed by atoms with Gasteiger partial charge in [0, 0.05) is 37.5 Å². The predicted octanol–water partition coefficient (Wildman–Crippen LogP) is 2.28. The molecule has 0 aliphatic heterocycles. The smallest absolute Gasteiger partial charge is 0.159 e. The Hall–Kier alpha value is -2.10. The lowest BCUT2D eigenvalue weighted by molar-refractivity contribution is 0.101. The van der Waals surface area contributed by atoms with Gasteiger partial charge in [0.15, 0.2) is 5.78 Å². The largest absolute Gasteiger partial charge is 0.385 e. The van der Waals surface area contributed by atoms with E-state index < -0.39 is 0 Å². The third kappa shape index (κ3) is 3.20. The number of Topliss-reactive ketones (excluding diaryl/α,β-unsaturated/α-hetero) is 1. The first-order chi connectivity index (χ1) is 8.65. The molecule has 0 amide bonds. The molecule has 94 valence electrons. The standard InChI is InChI=1S/C14H17N3O/c1-11(18)12-3-5-13(6-4-12)15-9-7-14-8-10-17(2)16-14/h3-6,8,10,15H,7,9H2,1-2H3. The molecule has 0 aliphatic rings. The van der Waals surface area contributed by atoms with E-state index in [1.807, 2.05) is 43.6 Å². The van der Waals surface area contributed by atoms with Gasteiger partial charge in [-0.25, -0.2) is 0 Å². The van der Waals surface area contributed by atoms with E-state index in [0.29, 0.717) is 0 Å². The quantitative estimate of drug-likeness (QED) is 0.819. The van der Waals surface area contributed by atoms with E-state index in [2.05, 4.69) is 10.4 Å². The lowest BCUT2D eigenvalue weighted by Crippen LogP contribution is -2.06. The number of benzene rings is 1. The van der Waals surface area contributed by atoms with Gasteiger partial charge in [-0.1, -0.05) is 0 Å². The molecule has 2 rings (SSSR count). The minimum absolute atomic E-state index is 0.0926. The second kappa shape index (κ2) is 5.49. The summed E-state index contributed by atoms with van der Waals surface area (Å²) in [6, 6.07) is 9.54. The molecule has 18 heavy (non-hydrogen) atoms. The first-order valence-corrected chi connectivity index (χ1v) is 5.98. The molecule has 0 fully saturated rings. The first-order valence-electron chi connectivity index (χ1n) is 5.98. The second-order valence-electron chi connectivity index (χ2n) is 4.29. The van der Waals surface area contributed by atoms with Crippen LogP contribution in [0.3, 0.4) is 0 Å². The van der Waals surface area contributed by atoms with Crippen molar-refractivity contribution in [2.24, 2.45) is 7.05 Å². The number of nitrogens with zero attached hydrogens (tertiary/aromatic N) is 2. The van der Waals surface area contributed by atoms with Crippen LogP contribution < -0.4 is 5.32 Å². The Bertz CT molecular complexity index is 528. The second-order valence-corrected chi connectivity index (χ2v) is 4.29. The molecule has 0 saturated heterocycles. The molecule has 0 unspecified atom stereocenters. The van der Waals surface area contributed by atoms with E-state index in [4.69, 9.17) is 0 Å². The minimum Gasteiger partial charge on any atom is -0.385 e. The minimum atomic E-state index is 0.0926. The predicted molar refractivity (Wildman–Crippen MR) is 71.8 cm³/mol. The number of rotatable bonds is 5. The molecular weight excluding hydrogens is 226 g/mol. The number of nitrogens with one attached hydrogen (secondary N) is 1. The number of aromatic nitrogens is 2. The average molecular weight is 243 g/mol. The zero-order valence-corrected chi connectivity index (χ0v) is 10.7. The highest BCUT2D eigenvalue weighted by Gasteiger charge is 1.99. The number of hydrogen-bond donors (Lipinski definition) is 1. The maximum absolute atomic E-state index is 11.1. The maximum atomic E-state index is 11.1. The van der Waals surface area contributed by atoms with Crippen LogP contribution in [-0.2, 0) is 13.5 Å². The van der Waals surface area contributed by atoms with E-state index in [-0.39, 0.29) is 5.78 Å². The summed E-state index contributed by atoms with van der Waals surface area (Å²) in [5.41, 5.74) is 2.84. The molecule has 4 nitrogen and oxygen atoms in total. The number of hydrogen-bond acceptors (Lipinski definition) is 3. The van der Waals surface area contributed by atoms with E-state index in [1.165, 1.54) is 0 Å². The van der Waals surface area contributed by atoms with E-state index in [0.717, 1.165) is 29.9 Å². The highest BCUT2D eigenvalue weighted by atomic mass is 16.1. The van der Waals surface area contributed by atoms with E-state index in [9.17, 15) is 4.79 Å². The summed E-state index contributed by atoms with van der Waals surface area (Å²) in [5.74, 6) is 0.0926. The van der Waals surface area contributed by atoms with Crippen molar-refractivity contribution in [3.63, 3.8) is 0 Å². The third-order valence-corrected chi connectivity index (χ3v) is 2.77. The molecule has 1 N–H and O–H groups in total. The van der Waals surface area contributed by atoms with Gasteiger partial charge in [0.25, 0.3) is 0 Å². The molecule has 1 aromatic heterocycles. The fraction of sp³-hybridized carbons (Fsp3) is 0.286. The van der Waals surface area contributed by atoms with Crippen molar-refractivity contribution < 1.29 is 4.79 Å². The van der Waals surface area contributed by atoms with Gasteiger partial charge in [0.05, 0.1) is 5.69 Å². The highest BCUT2D eigenvalue weighted by Crippen LogP contribution is 2.10. The zero-order valence-electron chi connectivity index (χ0n) is 10.7. The topological polar surface area (TPSA) is 46.9 Å². The molecule has 0 saturated carbocycles. The van der Waals surface area contributed by atoms with Crippen molar-refractivity contribution in [3.05, 3.63) is 47.8 Å². The average Bonchev–Trinajstić information content (AvgIpc) is 2.76. The van der Waals surface area contributed by atoms with Crippen LogP contribution in [0.1, 0.15) is 23.0 Å². The first kappa shape index (κ1) is 12.4. The van der Waals surface area contributed by atoms with Crippen LogP contribution in [0.15, 0.2) is 36.5 Å². The molecule has 2 aromatic rings. The summed E-state index contributed by atoms with van der Waals surface area (Å²) in [6.45, 7) is 2.40. The van der Waals surface area contributed by atoms with Crippen LogP contribution in [0.5, 0.6) is 0 Å². The molecule has 1 aromatic carbocycles. The summed E-state index contributed by atoms with van der Waals surface area (Å²) in [5, 5.41) is 7.62. The van der Waals surface area contributed by atoms with Gasteiger partial charge in [-0.05, 0) is 37.3 Å². The zero-order chi connectivity index (χ0) is 13.0. The van der Waals surface area contributed by atoms with Crippen molar-refractivity contribution in [1.82, 2.24) is 9.78 Å². The normalized spacial score (nSPS) is 10.3. The molecule has 0 radical (unpaired) electrons. The van der Waals surface area contributed by atoms with Crippen LogP contribution in [0.2, 0.25) is 0 Å². The van der Waals surface area contributed by atoms with Gasteiger partial charge in [0.2, 0.25) is 0 Å². The maximum Gasteiger partial charge on any atom is 0.159 e. The highest BCUT2D eigenvalue weighted by molar-refractivity contribution is 5.94. The van der Waals surface area contributed by atoms with Gasteiger partial charge in [-0.2, -0.15) is 5.10 Å². The lowest BCUT2D eigenvalue weighted by atomic mass is 10.1. The number of carbonyl (C=O) groups excluding carboxylic acids is 1. The van der Waals surface area contributed by atoms with Gasteiger partial charge in [0.1, 0.15) is 0 Å². The SMILES string of the molecule is CC(=O)c1ccc(NCCc2ccn(C)n2)cc1. The Balaban J connectivity index is 1.85. The van der Waals surface area contributed by atoms with Crippen LogP contribution in [-0.4, -0.2) is 22.1 Å². The Morgan fingerprint density at radius 3 is 2.56 bits per heavy atom. The van der Waals surface area contributed by atoms with Crippen molar-refractivity contribution in [1.29, 1.82) is 0 Å². The molecular formula is C14H17N3O. The number of carbonyl (C=O) groups is 1. The summed E-state index contributed by atoms with van der Waals surface area (Å²) in [4.78, 5) is 11.1. The Morgan fingerprint density at radius 1 is 1.28 bits per heavy atom. The molecule has 1 heterocycles. The van der Waals surface area contributed by atoms with Crippen molar-refractivity contribution in [2.45, 2.75) is 13.3 Å². The fourth-order valence-corrected chi connectivity index (χ4v) is 1.75. The van der Waals surface area contributed by atoms with Crippen LogP contribution in [0.25, 0.3) is 0 Å². The van der Waals surface area contributed by atoms with Gasteiger partial charge >= 0.3 is 0 Å². The van der Waals surface area contributed by atoms with Crippen LogP contribution in [0.4, 0.5) is 5.69 Å². The van der Waals surface area contributed by atoms with Crippen molar-refractivity contribution in [2.75, 3.05) is 11.9 Å². The molecule has 0 aliphatic carbocycles. The summed E-state index contributed by atoms with van der Waals surface area (Å²) in [6.07, 6.45) is 2.83. The Morgan fingerprint density at radius 2 is 2.00 bits per heavy atom. The molecule has 0 bridgehead atoms. The van der Waals surface area contributed by atoms with Gasteiger partial charge in [-0.3, -0.25) is 9.48 Å². The fourth-order valence-electron chi connectivity index (χ4n) is 1.75. The Labute approximate surface area is 107 Å². The molecule has 4 heteroatoms. The van der Waals surface area contributed by atoms with Gasteiger partial charge in [-0.15, -0.1) is 0 Å². The van der Waals surface area contributed by atoms with Crippen molar-refractivity contribution in [3.8, 4) is 0 Å².